The first-order valence-electron chi connectivity index (χ1n) is 3.70. The Bertz CT molecular complexity index is 85.0. The lowest BCUT2D eigenvalue weighted by molar-refractivity contribution is 0.318. The Kier molecular flexibility index (Phi) is 2.99. The Hall–Kier alpha value is 0.440. The van der Waals surface area contributed by atoms with Crippen LogP contribution in [-0.2, 0) is 0 Å². The molecular formula is C7H14BrN. The molecule has 1 rings (SSSR count). The molecule has 0 spiro atoms. The predicted octanol–water partition coefficient (Wildman–Crippen LogP) is 2.46. The SMILES string of the molecule is CC1CCCCC1NBr. The van der Waals surface area contributed by atoms with Crippen LogP contribution in [0.4, 0.5) is 0 Å². The summed E-state index contributed by atoms with van der Waals surface area (Å²) >= 11 is 3.30. The fourth-order valence-electron chi connectivity index (χ4n) is 1.48. The molecule has 0 aromatic carbocycles. The monoisotopic (exact) mass is 191 g/mol. The quantitative estimate of drug-likeness (QED) is 0.629. The zero-order valence-electron chi connectivity index (χ0n) is 5.86. The van der Waals surface area contributed by atoms with Gasteiger partial charge in [0.2, 0.25) is 0 Å². The molecule has 0 bridgehead atoms. The average molecular weight is 192 g/mol. The Labute approximate surface area is 65.6 Å². The highest BCUT2D eigenvalue weighted by atomic mass is 79.9. The van der Waals surface area contributed by atoms with Crippen LogP contribution in [0.15, 0.2) is 0 Å². The van der Waals surface area contributed by atoms with Crippen molar-refractivity contribution in [2.45, 2.75) is 38.6 Å². The lowest BCUT2D eigenvalue weighted by atomic mass is 9.87. The van der Waals surface area contributed by atoms with Crippen LogP contribution in [0, 0.1) is 5.92 Å². The molecule has 0 aromatic rings. The number of halogens is 1. The first kappa shape index (κ1) is 7.55. The summed E-state index contributed by atoms with van der Waals surface area (Å²) in [4.78, 5) is 0. The number of hydrogen-bond donors (Lipinski definition) is 1. The van der Waals surface area contributed by atoms with Crippen molar-refractivity contribution in [1.29, 1.82) is 0 Å². The van der Waals surface area contributed by atoms with Crippen LogP contribution in [0.25, 0.3) is 0 Å². The molecule has 2 unspecified atom stereocenters. The van der Waals surface area contributed by atoms with Crippen molar-refractivity contribution in [1.82, 2.24) is 4.34 Å². The lowest BCUT2D eigenvalue weighted by Gasteiger charge is -2.26. The van der Waals surface area contributed by atoms with Crippen molar-refractivity contribution in [3.8, 4) is 0 Å². The molecule has 0 amide bonds. The van der Waals surface area contributed by atoms with E-state index < -0.39 is 0 Å². The highest BCUT2D eigenvalue weighted by Crippen LogP contribution is 2.23. The average Bonchev–Trinajstić information content (AvgIpc) is 1.89. The molecule has 9 heavy (non-hydrogen) atoms. The molecule has 1 fully saturated rings. The number of nitrogens with one attached hydrogen (secondary N) is 1. The maximum Gasteiger partial charge on any atom is 0.0200 e. The fourth-order valence-corrected chi connectivity index (χ4v) is 2.16. The van der Waals surface area contributed by atoms with E-state index in [-0.39, 0.29) is 0 Å². The van der Waals surface area contributed by atoms with Gasteiger partial charge in [0.05, 0.1) is 0 Å². The Balaban J connectivity index is 2.30. The van der Waals surface area contributed by atoms with Gasteiger partial charge in [0.15, 0.2) is 0 Å². The van der Waals surface area contributed by atoms with Crippen molar-refractivity contribution in [3.63, 3.8) is 0 Å². The van der Waals surface area contributed by atoms with Crippen LogP contribution in [0.3, 0.4) is 0 Å². The molecule has 1 aliphatic rings. The molecule has 0 saturated heterocycles. The van der Waals surface area contributed by atoms with Crippen molar-refractivity contribution in [3.05, 3.63) is 0 Å². The maximum absolute atomic E-state index is 3.30. The van der Waals surface area contributed by atoms with Gasteiger partial charge in [-0.25, -0.2) is 0 Å². The largest absolute Gasteiger partial charge is 0.253 e. The highest BCUT2D eigenvalue weighted by Gasteiger charge is 2.19. The predicted molar refractivity (Wildman–Crippen MR) is 43.5 cm³/mol. The Morgan fingerprint density at radius 3 is 2.44 bits per heavy atom. The van der Waals surface area contributed by atoms with Crippen LogP contribution in [0.5, 0.6) is 0 Å². The van der Waals surface area contributed by atoms with Gasteiger partial charge in [-0.05, 0) is 18.8 Å². The Morgan fingerprint density at radius 2 is 2.00 bits per heavy atom. The molecule has 0 aliphatic heterocycles. The zero-order valence-corrected chi connectivity index (χ0v) is 7.45. The van der Waals surface area contributed by atoms with Gasteiger partial charge in [0.25, 0.3) is 0 Å². The van der Waals surface area contributed by atoms with Crippen molar-refractivity contribution in [2.75, 3.05) is 0 Å². The van der Waals surface area contributed by atoms with Gasteiger partial charge in [-0.1, -0.05) is 19.8 Å². The molecule has 0 heterocycles. The maximum atomic E-state index is 3.30. The van der Waals surface area contributed by atoms with Crippen LogP contribution in [0.2, 0.25) is 0 Å². The smallest absolute Gasteiger partial charge is 0.0200 e. The minimum Gasteiger partial charge on any atom is -0.253 e. The van der Waals surface area contributed by atoms with Gasteiger partial charge < -0.3 is 0 Å². The molecule has 1 aliphatic carbocycles. The topological polar surface area (TPSA) is 12.0 Å². The van der Waals surface area contributed by atoms with Gasteiger partial charge in [0.1, 0.15) is 0 Å². The molecule has 1 saturated carbocycles. The summed E-state index contributed by atoms with van der Waals surface area (Å²) in [6, 6.07) is 0.721. The van der Waals surface area contributed by atoms with Gasteiger partial charge in [-0.15, -0.1) is 0 Å². The van der Waals surface area contributed by atoms with E-state index in [2.05, 4.69) is 27.4 Å². The summed E-state index contributed by atoms with van der Waals surface area (Å²) in [5, 5.41) is 0. The standard InChI is InChI=1S/C7H14BrN/c1-6-4-2-3-5-7(6)9-8/h6-7,9H,2-5H2,1H3. The second-order valence-corrected chi connectivity index (χ2v) is 3.44. The number of hydrogen-bond acceptors (Lipinski definition) is 1. The third-order valence-corrected chi connectivity index (χ3v) is 2.84. The third kappa shape index (κ3) is 1.94. The molecule has 1 N–H and O–H groups in total. The van der Waals surface area contributed by atoms with Crippen LogP contribution in [-0.4, -0.2) is 6.04 Å². The molecule has 2 atom stereocenters. The second kappa shape index (κ2) is 3.57. The highest BCUT2D eigenvalue weighted by molar-refractivity contribution is 9.08. The summed E-state index contributed by atoms with van der Waals surface area (Å²) < 4.78 is 3.17. The fraction of sp³-hybridized carbons (Fsp3) is 1.00. The Morgan fingerprint density at radius 1 is 1.33 bits per heavy atom. The van der Waals surface area contributed by atoms with Gasteiger partial charge in [-0.3, -0.25) is 4.34 Å². The summed E-state index contributed by atoms with van der Waals surface area (Å²) in [5.41, 5.74) is 0. The normalized spacial score (nSPS) is 36.7. The molecular weight excluding hydrogens is 178 g/mol. The molecule has 54 valence electrons. The van der Waals surface area contributed by atoms with Crippen molar-refractivity contribution in [2.24, 2.45) is 5.92 Å². The first-order valence-corrected chi connectivity index (χ1v) is 4.50. The van der Waals surface area contributed by atoms with Crippen LogP contribution in [0.1, 0.15) is 32.6 Å². The first-order chi connectivity index (χ1) is 4.34. The van der Waals surface area contributed by atoms with E-state index in [1.807, 2.05) is 0 Å². The van der Waals surface area contributed by atoms with E-state index in [4.69, 9.17) is 0 Å². The summed E-state index contributed by atoms with van der Waals surface area (Å²) in [5.74, 6) is 0.859. The van der Waals surface area contributed by atoms with E-state index in [0.717, 1.165) is 12.0 Å². The van der Waals surface area contributed by atoms with Gasteiger partial charge in [0, 0.05) is 22.2 Å². The van der Waals surface area contributed by atoms with E-state index in [0.29, 0.717) is 0 Å². The molecule has 1 nitrogen and oxygen atoms in total. The van der Waals surface area contributed by atoms with Gasteiger partial charge >= 0.3 is 0 Å². The summed E-state index contributed by atoms with van der Waals surface area (Å²) in [6.07, 6.45) is 5.55. The minimum atomic E-state index is 0.721. The zero-order chi connectivity index (χ0) is 6.69. The number of rotatable bonds is 1. The van der Waals surface area contributed by atoms with E-state index >= 15 is 0 Å². The van der Waals surface area contributed by atoms with E-state index in [9.17, 15) is 0 Å². The van der Waals surface area contributed by atoms with Crippen molar-refractivity contribution < 1.29 is 0 Å². The minimum absolute atomic E-state index is 0.721. The summed E-state index contributed by atoms with van der Waals surface area (Å²) in [7, 11) is 0. The third-order valence-electron chi connectivity index (χ3n) is 2.25. The summed E-state index contributed by atoms with van der Waals surface area (Å²) in [6.45, 7) is 2.32. The van der Waals surface area contributed by atoms with E-state index in [1.54, 1.807) is 0 Å². The van der Waals surface area contributed by atoms with E-state index in [1.165, 1.54) is 25.7 Å². The van der Waals surface area contributed by atoms with Crippen molar-refractivity contribution >= 4 is 16.1 Å². The second-order valence-electron chi connectivity index (χ2n) is 2.98. The lowest BCUT2D eigenvalue weighted by Crippen LogP contribution is -2.30. The van der Waals surface area contributed by atoms with Crippen LogP contribution >= 0.6 is 16.1 Å². The van der Waals surface area contributed by atoms with Crippen LogP contribution < -0.4 is 4.34 Å². The molecule has 0 radical (unpaired) electrons. The van der Waals surface area contributed by atoms with Gasteiger partial charge in [-0.2, -0.15) is 0 Å². The molecule has 2 heteroatoms. The molecule has 0 aromatic heterocycles.